The lowest BCUT2D eigenvalue weighted by Crippen LogP contribution is -2.59. The summed E-state index contributed by atoms with van der Waals surface area (Å²) in [5.41, 5.74) is 3.57. The summed E-state index contributed by atoms with van der Waals surface area (Å²) in [6.07, 6.45) is 0. The quantitative estimate of drug-likeness (QED) is 0.773. The van der Waals surface area contributed by atoms with Crippen molar-refractivity contribution < 1.29 is 4.79 Å². The van der Waals surface area contributed by atoms with Crippen LogP contribution in [0.5, 0.6) is 0 Å². The van der Waals surface area contributed by atoms with E-state index in [1.165, 1.54) is 16.8 Å². The number of carbonyl (C=O) groups excluding carboxylic acids is 1. The largest absolute Gasteiger partial charge is 0.338 e. The minimum absolute atomic E-state index is 0.0590. The van der Waals surface area contributed by atoms with Crippen molar-refractivity contribution in [2.45, 2.75) is 45.7 Å². The average Bonchev–Trinajstić information content (AvgIpc) is 2.69. The molecule has 0 N–H and O–H groups in total. The molecule has 0 aliphatic carbocycles. The number of benzene rings is 1. The van der Waals surface area contributed by atoms with Crippen LogP contribution in [0.4, 0.5) is 5.69 Å². The van der Waals surface area contributed by atoms with E-state index < -0.39 is 0 Å². The summed E-state index contributed by atoms with van der Waals surface area (Å²) in [6, 6.07) is 6.58. The van der Waals surface area contributed by atoms with Gasteiger partial charge < -0.3 is 9.80 Å². The molecular formula is C16H22N2O. The average molecular weight is 258 g/mol. The van der Waals surface area contributed by atoms with E-state index in [9.17, 15) is 4.79 Å². The highest BCUT2D eigenvalue weighted by molar-refractivity contribution is 5.90. The van der Waals surface area contributed by atoms with E-state index in [-0.39, 0.29) is 17.0 Å². The van der Waals surface area contributed by atoms with E-state index in [0.29, 0.717) is 6.54 Å². The van der Waals surface area contributed by atoms with Gasteiger partial charge in [-0.15, -0.1) is 0 Å². The third-order valence-corrected chi connectivity index (χ3v) is 5.26. The normalized spacial score (nSPS) is 27.7. The van der Waals surface area contributed by atoms with Gasteiger partial charge in [-0.05, 0) is 32.4 Å². The number of fused-ring (bicyclic) bond motifs is 3. The number of carbonyl (C=O) groups is 1. The zero-order chi connectivity index (χ0) is 14.0. The Morgan fingerprint density at radius 3 is 2.58 bits per heavy atom. The fraction of sp³-hybridized carbons (Fsp3) is 0.562. The van der Waals surface area contributed by atoms with E-state index >= 15 is 0 Å². The molecule has 3 nitrogen and oxygen atoms in total. The van der Waals surface area contributed by atoms with Crippen molar-refractivity contribution in [3.05, 3.63) is 29.3 Å². The molecule has 1 saturated heterocycles. The first-order valence-corrected chi connectivity index (χ1v) is 7.03. The molecular weight excluding hydrogens is 236 g/mol. The predicted molar refractivity (Wildman–Crippen MR) is 77.3 cm³/mol. The number of amides is 1. The van der Waals surface area contributed by atoms with Gasteiger partial charge in [0, 0.05) is 17.6 Å². The van der Waals surface area contributed by atoms with Gasteiger partial charge in [0.1, 0.15) is 5.66 Å². The maximum Gasteiger partial charge on any atom is 0.244 e. The number of aryl methyl sites for hydroxylation is 1. The first-order valence-electron chi connectivity index (χ1n) is 7.03. The molecule has 3 heteroatoms. The summed E-state index contributed by atoms with van der Waals surface area (Å²) in [6.45, 7) is 12.2. The van der Waals surface area contributed by atoms with Crippen molar-refractivity contribution in [1.29, 1.82) is 0 Å². The van der Waals surface area contributed by atoms with E-state index in [0.717, 1.165) is 6.54 Å². The predicted octanol–water partition coefficient (Wildman–Crippen LogP) is 2.67. The number of hydrogen-bond acceptors (Lipinski definition) is 2. The standard InChI is InChI=1S/C16H22N2O/c1-6-17-14(19)10-18-13-8-7-11(2)9-12(13)15(3,4)16(17,18)5/h7-9H,6,10H2,1-5H3. The van der Waals surface area contributed by atoms with Gasteiger partial charge in [-0.2, -0.15) is 0 Å². The minimum Gasteiger partial charge on any atom is -0.338 e. The van der Waals surface area contributed by atoms with Crippen LogP contribution >= 0.6 is 0 Å². The van der Waals surface area contributed by atoms with Gasteiger partial charge in [-0.1, -0.05) is 31.5 Å². The molecule has 0 saturated carbocycles. The molecule has 19 heavy (non-hydrogen) atoms. The van der Waals surface area contributed by atoms with E-state index in [1.54, 1.807) is 0 Å². The highest BCUT2D eigenvalue weighted by Crippen LogP contribution is 2.55. The second-order valence-electron chi connectivity index (χ2n) is 6.39. The molecule has 0 bridgehead atoms. The van der Waals surface area contributed by atoms with Crippen LogP contribution < -0.4 is 4.90 Å². The number of nitrogens with zero attached hydrogens (tertiary/aromatic N) is 2. The van der Waals surface area contributed by atoms with Gasteiger partial charge in [0.15, 0.2) is 0 Å². The molecule has 0 radical (unpaired) electrons. The molecule has 0 spiro atoms. The SMILES string of the molecule is CCN1C(=O)CN2c3ccc(C)cc3C(C)(C)C12C. The third kappa shape index (κ3) is 1.26. The Kier molecular flexibility index (Phi) is 2.32. The Morgan fingerprint density at radius 1 is 1.26 bits per heavy atom. The Hall–Kier alpha value is -1.51. The van der Waals surface area contributed by atoms with E-state index in [4.69, 9.17) is 0 Å². The zero-order valence-electron chi connectivity index (χ0n) is 12.4. The molecule has 2 heterocycles. The minimum atomic E-state index is -0.241. The van der Waals surface area contributed by atoms with Crippen LogP contribution in [-0.2, 0) is 10.2 Å². The van der Waals surface area contributed by atoms with Crippen molar-refractivity contribution in [3.8, 4) is 0 Å². The lowest BCUT2D eigenvalue weighted by molar-refractivity contribution is -0.131. The Labute approximate surface area is 115 Å². The highest BCUT2D eigenvalue weighted by Gasteiger charge is 2.61. The summed E-state index contributed by atoms with van der Waals surface area (Å²) in [5.74, 6) is 0.240. The molecule has 102 valence electrons. The van der Waals surface area contributed by atoms with Crippen LogP contribution in [0, 0.1) is 6.92 Å². The van der Waals surface area contributed by atoms with Gasteiger partial charge in [0.05, 0.1) is 6.54 Å². The first-order chi connectivity index (χ1) is 8.84. The molecule has 1 amide bonds. The Balaban J connectivity index is 2.25. The monoisotopic (exact) mass is 258 g/mol. The number of hydrogen-bond donors (Lipinski definition) is 0. The van der Waals surface area contributed by atoms with Crippen LogP contribution in [0.3, 0.4) is 0 Å². The van der Waals surface area contributed by atoms with Crippen LogP contribution in [0.1, 0.15) is 38.8 Å². The fourth-order valence-corrected chi connectivity index (χ4v) is 3.88. The smallest absolute Gasteiger partial charge is 0.244 e. The van der Waals surface area contributed by atoms with Crippen molar-refractivity contribution in [2.24, 2.45) is 0 Å². The number of anilines is 1. The molecule has 3 rings (SSSR count). The first kappa shape index (κ1) is 12.5. The van der Waals surface area contributed by atoms with Crippen molar-refractivity contribution in [2.75, 3.05) is 18.0 Å². The maximum atomic E-state index is 12.3. The second-order valence-corrected chi connectivity index (χ2v) is 6.39. The molecule has 1 aromatic carbocycles. The lowest BCUT2D eigenvalue weighted by atomic mass is 9.75. The molecule has 2 aliphatic rings. The summed E-state index contributed by atoms with van der Waals surface area (Å²) in [5, 5.41) is 0. The van der Waals surface area contributed by atoms with Gasteiger partial charge >= 0.3 is 0 Å². The van der Waals surface area contributed by atoms with Crippen molar-refractivity contribution in [3.63, 3.8) is 0 Å². The van der Waals surface area contributed by atoms with E-state index in [2.05, 4.69) is 57.7 Å². The molecule has 0 aromatic heterocycles. The van der Waals surface area contributed by atoms with Crippen LogP contribution in [-0.4, -0.2) is 29.6 Å². The lowest BCUT2D eigenvalue weighted by Gasteiger charge is -2.45. The molecule has 2 aliphatic heterocycles. The molecule has 1 atom stereocenters. The highest BCUT2D eigenvalue weighted by atomic mass is 16.2. The second kappa shape index (κ2) is 3.53. The summed E-state index contributed by atoms with van der Waals surface area (Å²) >= 11 is 0. The van der Waals surface area contributed by atoms with Gasteiger partial charge in [-0.25, -0.2) is 0 Å². The number of rotatable bonds is 1. The zero-order valence-corrected chi connectivity index (χ0v) is 12.4. The van der Waals surface area contributed by atoms with Gasteiger partial charge in [0.25, 0.3) is 0 Å². The van der Waals surface area contributed by atoms with Crippen LogP contribution in [0.2, 0.25) is 0 Å². The molecule has 1 aromatic rings. The summed E-state index contributed by atoms with van der Waals surface area (Å²) < 4.78 is 0. The van der Waals surface area contributed by atoms with Gasteiger partial charge in [0.2, 0.25) is 5.91 Å². The third-order valence-electron chi connectivity index (χ3n) is 5.26. The van der Waals surface area contributed by atoms with Gasteiger partial charge in [-0.3, -0.25) is 4.79 Å². The summed E-state index contributed by atoms with van der Waals surface area (Å²) in [4.78, 5) is 16.6. The Morgan fingerprint density at radius 2 is 1.95 bits per heavy atom. The van der Waals surface area contributed by atoms with Crippen molar-refractivity contribution in [1.82, 2.24) is 4.90 Å². The maximum absolute atomic E-state index is 12.3. The summed E-state index contributed by atoms with van der Waals surface area (Å²) in [7, 11) is 0. The Bertz CT molecular complexity index is 564. The molecule has 1 unspecified atom stereocenters. The topological polar surface area (TPSA) is 23.6 Å². The molecule has 1 fully saturated rings. The fourth-order valence-electron chi connectivity index (χ4n) is 3.88. The van der Waals surface area contributed by atoms with Crippen molar-refractivity contribution >= 4 is 11.6 Å². The van der Waals surface area contributed by atoms with Crippen LogP contribution in [0.15, 0.2) is 18.2 Å². The van der Waals surface area contributed by atoms with Crippen LogP contribution in [0.25, 0.3) is 0 Å². The number of likely N-dealkylation sites (N-methyl/N-ethyl adjacent to an activating group) is 1. The van der Waals surface area contributed by atoms with E-state index in [1.807, 2.05) is 4.90 Å².